The zero-order chi connectivity index (χ0) is 16.6. The average Bonchev–Trinajstić information content (AvgIpc) is 2.51. The van der Waals surface area contributed by atoms with E-state index in [1.165, 1.54) is 19.3 Å². The van der Waals surface area contributed by atoms with Gasteiger partial charge in [-0.15, -0.1) is 0 Å². The largest absolute Gasteiger partial charge is 0.508 e. The van der Waals surface area contributed by atoms with Gasteiger partial charge in [0.2, 0.25) is 0 Å². The first-order chi connectivity index (χ1) is 11.0. The highest BCUT2D eigenvalue weighted by Crippen LogP contribution is 2.22. The number of carbonyl (C=O) groups excluding carboxylic acids is 1. The molecule has 0 radical (unpaired) electrons. The number of amides is 1. The van der Waals surface area contributed by atoms with Gasteiger partial charge in [0, 0.05) is 18.6 Å². The lowest BCUT2D eigenvalue weighted by Gasteiger charge is -2.08. The Labute approximate surface area is 129 Å². The summed E-state index contributed by atoms with van der Waals surface area (Å²) in [5, 5.41) is 10.2. The van der Waals surface area contributed by atoms with Crippen LogP contribution >= 0.6 is 0 Å². The van der Waals surface area contributed by atoms with Gasteiger partial charge in [0.1, 0.15) is 5.75 Å². The number of nitrogens with two attached hydrogens (primary N) is 1. The third-order valence-corrected chi connectivity index (χ3v) is 3.27. The van der Waals surface area contributed by atoms with E-state index in [4.69, 9.17) is 5.73 Å². The summed E-state index contributed by atoms with van der Waals surface area (Å²) in [6.07, 6.45) is 0.221. The normalized spacial score (nSPS) is 10.7. The number of primary amides is 1. The number of rotatable bonds is 2. The highest BCUT2D eigenvalue weighted by molar-refractivity contribution is 5.82. The number of phenolic OH excluding ortho intramolecular Hbond substituents is 1. The quantitative estimate of drug-likeness (QED) is 0.732. The van der Waals surface area contributed by atoms with Crippen LogP contribution in [0.1, 0.15) is 0 Å². The van der Waals surface area contributed by atoms with Crippen LogP contribution in [0.2, 0.25) is 0 Å². The van der Waals surface area contributed by atoms with Crippen LogP contribution < -0.4 is 16.0 Å². The van der Waals surface area contributed by atoms with Crippen LogP contribution in [0.4, 0.5) is 4.79 Å². The molecule has 0 bridgehead atoms. The number of phenols is 1. The highest BCUT2D eigenvalue weighted by atomic mass is 16.6. The van der Waals surface area contributed by atoms with Crippen LogP contribution in [-0.4, -0.2) is 25.7 Å². The predicted octanol–water partition coefficient (Wildman–Crippen LogP) is 1.16. The lowest BCUT2D eigenvalue weighted by molar-refractivity contribution is 0.204. The number of pyridine rings is 1. The first-order valence-corrected chi connectivity index (χ1v) is 6.59. The molecule has 23 heavy (non-hydrogen) atoms. The Kier molecular flexibility index (Phi) is 3.41. The Morgan fingerprint density at radius 1 is 1.30 bits per heavy atom. The maximum Gasteiger partial charge on any atom is 0.412 e. The van der Waals surface area contributed by atoms with Crippen molar-refractivity contribution in [1.29, 1.82) is 0 Å². The van der Waals surface area contributed by atoms with E-state index < -0.39 is 11.7 Å². The van der Waals surface area contributed by atoms with Crippen LogP contribution in [0.25, 0.3) is 22.2 Å². The molecule has 1 amide bonds. The Bertz CT molecular complexity index is 981. The minimum Gasteiger partial charge on any atom is -0.508 e. The van der Waals surface area contributed by atoms with Crippen molar-refractivity contribution in [3.05, 3.63) is 46.9 Å². The minimum absolute atomic E-state index is 0.137. The Balaban J connectivity index is 2.11. The summed E-state index contributed by atoms with van der Waals surface area (Å²) in [6.45, 7) is 0. The van der Waals surface area contributed by atoms with Crippen LogP contribution in [0, 0.1) is 0 Å². The third kappa shape index (κ3) is 2.69. The number of hydrogen-bond acceptors (Lipinski definition) is 6. The summed E-state index contributed by atoms with van der Waals surface area (Å²) in [5.41, 5.74) is 5.78. The molecule has 1 aromatic carbocycles. The summed E-state index contributed by atoms with van der Waals surface area (Å²) in [4.78, 5) is 31.4. The molecule has 0 unspecified atom stereocenters. The van der Waals surface area contributed by atoms with Crippen molar-refractivity contribution < 1.29 is 14.6 Å². The molecule has 116 valence electrons. The number of aromatic nitrogens is 3. The van der Waals surface area contributed by atoms with Crippen molar-refractivity contribution in [1.82, 2.24) is 14.5 Å². The molecule has 2 heterocycles. The fourth-order valence-corrected chi connectivity index (χ4v) is 2.15. The molecule has 0 fully saturated rings. The Morgan fingerprint density at radius 2 is 2.09 bits per heavy atom. The lowest BCUT2D eigenvalue weighted by atomic mass is 10.1. The predicted molar refractivity (Wildman–Crippen MR) is 82.1 cm³/mol. The molecule has 0 saturated heterocycles. The first kappa shape index (κ1) is 14.5. The van der Waals surface area contributed by atoms with E-state index in [1.54, 1.807) is 24.3 Å². The SMILES string of the molecule is Cn1c(OC(N)=O)ncc(-c2ccc3cc(O)ccc3n2)c1=O. The van der Waals surface area contributed by atoms with E-state index in [1.807, 2.05) is 0 Å². The Morgan fingerprint density at radius 3 is 2.83 bits per heavy atom. The molecule has 2 aromatic heterocycles. The van der Waals surface area contributed by atoms with E-state index in [0.717, 1.165) is 9.95 Å². The number of hydrogen-bond donors (Lipinski definition) is 2. The fourth-order valence-electron chi connectivity index (χ4n) is 2.15. The summed E-state index contributed by atoms with van der Waals surface area (Å²) in [7, 11) is 1.41. The second-order valence-electron chi connectivity index (χ2n) is 4.81. The van der Waals surface area contributed by atoms with Crippen molar-refractivity contribution in [3.63, 3.8) is 0 Å². The molecule has 0 aliphatic heterocycles. The van der Waals surface area contributed by atoms with E-state index in [2.05, 4.69) is 14.7 Å². The van der Waals surface area contributed by atoms with E-state index >= 15 is 0 Å². The summed E-state index contributed by atoms with van der Waals surface area (Å²) < 4.78 is 5.71. The van der Waals surface area contributed by atoms with Crippen molar-refractivity contribution >= 4 is 17.0 Å². The second kappa shape index (κ2) is 5.41. The molecule has 3 aromatic rings. The fraction of sp³-hybridized carbons (Fsp3) is 0.0667. The molecule has 0 aliphatic carbocycles. The zero-order valence-electron chi connectivity index (χ0n) is 12.1. The number of carbonyl (C=O) groups is 1. The van der Waals surface area contributed by atoms with E-state index in [-0.39, 0.29) is 17.3 Å². The highest BCUT2D eigenvalue weighted by Gasteiger charge is 2.13. The standard InChI is InChI=1S/C15H12N4O4/c1-19-13(21)10(7-17-15(19)23-14(16)22)12-4-2-8-6-9(20)3-5-11(8)18-12/h2-7,20H,1H3,(H2,16,22). The first-order valence-electron chi connectivity index (χ1n) is 6.59. The second-order valence-corrected chi connectivity index (χ2v) is 4.81. The molecule has 0 aliphatic rings. The van der Waals surface area contributed by atoms with Gasteiger partial charge in [0.15, 0.2) is 0 Å². The van der Waals surface area contributed by atoms with E-state index in [0.29, 0.717) is 11.2 Å². The van der Waals surface area contributed by atoms with Gasteiger partial charge < -0.3 is 15.6 Å². The average molecular weight is 312 g/mol. The van der Waals surface area contributed by atoms with Gasteiger partial charge in [0.25, 0.3) is 5.56 Å². The third-order valence-electron chi connectivity index (χ3n) is 3.27. The molecular formula is C15H12N4O4. The van der Waals surface area contributed by atoms with E-state index in [9.17, 15) is 14.7 Å². The monoisotopic (exact) mass is 312 g/mol. The van der Waals surface area contributed by atoms with Crippen LogP contribution in [0.5, 0.6) is 11.8 Å². The molecule has 8 heteroatoms. The van der Waals surface area contributed by atoms with Crippen LogP contribution in [-0.2, 0) is 7.05 Å². The summed E-state index contributed by atoms with van der Waals surface area (Å²) >= 11 is 0. The number of nitrogens with zero attached hydrogens (tertiary/aromatic N) is 3. The topological polar surface area (TPSA) is 120 Å². The lowest BCUT2D eigenvalue weighted by Crippen LogP contribution is -2.26. The van der Waals surface area contributed by atoms with Gasteiger partial charge in [-0.2, -0.15) is 0 Å². The molecule has 8 nitrogen and oxygen atoms in total. The molecular weight excluding hydrogens is 300 g/mol. The summed E-state index contributed by atoms with van der Waals surface area (Å²) in [6, 6.07) is 7.93. The maximum absolute atomic E-state index is 12.4. The molecule has 0 atom stereocenters. The molecule has 0 spiro atoms. The number of aromatic hydroxyl groups is 1. The van der Waals surface area contributed by atoms with Gasteiger partial charge in [-0.3, -0.25) is 9.36 Å². The van der Waals surface area contributed by atoms with Crippen molar-refractivity contribution in [2.24, 2.45) is 12.8 Å². The minimum atomic E-state index is -1.05. The number of ether oxygens (including phenoxy) is 1. The van der Waals surface area contributed by atoms with Gasteiger partial charge in [0.05, 0.1) is 16.8 Å². The van der Waals surface area contributed by atoms with Crippen molar-refractivity contribution in [2.45, 2.75) is 0 Å². The van der Waals surface area contributed by atoms with Gasteiger partial charge in [-0.25, -0.2) is 14.8 Å². The van der Waals surface area contributed by atoms with Crippen molar-refractivity contribution in [3.8, 4) is 23.0 Å². The van der Waals surface area contributed by atoms with Gasteiger partial charge in [-0.1, -0.05) is 6.07 Å². The van der Waals surface area contributed by atoms with Gasteiger partial charge in [-0.05, 0) is 24.3 Å². The Hall–Kier alpha value is -3.42. The smallest absolute Gasteiger partial charge is 0.412 e. The van der Waals surface area contributed by atoms with Crippen molar-refractivity contribution in [2.75, 3.05) is 0 Å². The molecule has 3 rings (SSSR count). The number of benzene rings is 1. The molecule has 0 saturated carbocycles. The van der Waals surface area contributed by atoms with Crippen LogP contribution in [0.3, 0.4) is 0 Å². The number of fused-ring (bicyclic) bond motifs is 1. The van der Waals surface area contributed by atoms with Gasteiger partial charge >= 0.3 is 12.1 Å². The zero-order valence-corrected chi connectivity index (χ0v) is 12.1. The summed E-state index contributed by atoms with van der Waals surface area (Å²) in [5.74, 6) is 0.137. The molecule has 3 N–H and O–H groups in total. The van der Waals surface area contributed by atoms with Crippen LogP contribution in [0.15, 0.2) is 41.3 Å². The maximum atomic E-state index is 12.4.